The molecule has 1 aliphatic heterocycles. The van der Waals surface area contributed by atoms with E-state index >= 15 is 0 Å². The first kappa shape index (κ1) is 13.9. The molecule has 0 amide bonds. The fourth-order valence-corrected chi connectivity index (χ4v) is 2.32. The van der Waals surface area contributed by atoms with E-state index in [0.29, 0.717) is 6.04 Å². The number of ether oxygens (including phenoxy) is 2. The number of rotatable bonds is 5. The predicted octanol–water partition coefficient (Wildman–Crippen LogP) is 2.35. The molecule has 1 aliphatic rings. The second-order valence-corrected chi connectivity index (χ2v) is 6.14. The molecule has 1 atom stereocenters. The molecule has 1 rings (SSSR count). The Morgan fingerprint density at radius 3 is 2.38 bits per heavy atom. The minimum Gasteiger partial charge on any atom is -0.374 e. The molecule has 96 valence electrons. The lowest BCUT2D eigenvalue weighted by Gasteiger charge is -2.27. The Morgan fingerprint density at radius 2 is 1.94 bits per heavy atom. The maximum atomic E-state index is 5.98. The van der Waals surface area contributed by atoms with Gasteiger partial charge in [0.25, 0.3) is 0 Å². The number of hydrogen-bond acceptors (Lipinski definition) is 3. The van der Waals surface area contributed by atoms with Crippen molar-refractivity contribution < 1.29 is 9.47 Å². The zero-order valence-corrected chi connectivity index (χ0v) is 11.6. The van der Waals surface area contributed by atoms with Crippen molar-refractivity contribution in [2.45, 2.75) is 71.3 Å². The molecule has 0 spiro atoms. The fourth-order valence-electron chi connectivity index (χ4n) is 2.32. The van der Waals surface area contributed by atoms with Crippen LogP contribution in [0.25, 0.3) is 0 Å². The Balaban J connectivity index is 2.32. The van der Waals surface area contributed by atoms with Gasteiger partial charge in [-0.1, -0.05) is 13.8 Å². The molecule has 0 radical (unpaired) electrons. The number of nitrogens with one attached hydrogen (secondary N) is 1. The van der Waals surface area contributed by atoms with Crippen molar-refractivity contribution in [2.24, 2.45) is 0 Å². The van der Waals surface area contributed by atoms with E-state index in [9.17, 15) is 0 Å². The smallest absolute Gasteiger partial charge is 0.0895 e. The van der Waals surface area contributed by atoms with Gasteiger partial charge in [0.1, 0.15) is 0 Å². The molecule has 3 heteroatoms. The first-order valence-corrected chi connectivity index (χ1v) is 6.28. The Labute approximate surface area is 99.9 Å². The van der Waals surface area contributed by atoms with E-state index in [1.807, 2.05) is 0 Å². The van der Waals surface area contributed by atoms with Gasteiger partial charge in [0, 0.05) is 19.0 Å². The highest BCUT2D eigenvalue weighted by atomic mass is 16.6. The number of hydrogen-bond donors (Lipinski definition) is 1. The van der Waals surface area contributed by atoms with Crippen molar-refractivity contribution in [3.63, 3.8) is 0 Å². The topological polar surface area (TPSA) is 30.5 Å². The van der Waals surface area contributed by atoms with Gasteiger partial charge in [-0.3, -0.25) is 0 Å². The lowest BCUT2D eigenvalue weighted by Crippen LogP contribution is -2.36. The van der Waals surface area contributed by atoms with Gasteiger partial charge in [0.15, 0.2) is 0 Å². The van der Waals surface area contributed by atoms with Crippen LogP contribution in [0, 0.1) is 0 Å². The third kappa shape index (κ3) is 4.04. The third-order valence-corrected chi connectivity index (χ3v) is 2.97. The SMILES string of the molecule is CC(C)NCCOC1CC(C)(C)OC1(C)C. The van der Waals surface area contributed by atoms with Gasteiger partial charge in [-0.25, -0.2) is 0 Å². The minimum atomic E-state index is -0.165. The minimum absolute atomic E-state index is 0.0559. The maximum Gasteiger partial charge on any atom is 0.0895 e. The van der Waals surface area contributed by atoms with Gasteiger partial charge in [-0.2, -0.15) is 0 Å². The van der Waals surface area contributed by atoms with Crippen LogP contribution in [0.2, 0.25) is 0 Å². The molecule has 0 aromatic carbocycles. The van der Waals surface area contributed by atoms with E-state index in [4.69, 9.17) is 9.47 Å². The summed E-state index contributed by atoms with van der Waals surface area (Å²) in [5.74, 6) is 0. The molecular formula is C13H27NO2. The third-order valence-electron chi connectivity index (χ3n) is 2.97. The quantitative estimate of drug-likeness (QED) is 0.734. The van der Waals surface area contributed by atoms with Gasteiger partial charge in [0.2, 0.25) is 0 Å². The highest BCUT2D eigenvalue weighted by molar-refractivity contribution is 4.95. The summed E-state index contributed by atoms with van der Waals surface area (Å²) in [7, 11) is 0. The summed E-state index contributed by atoms with van der Waals surface area (Å²) in [5.41, 5.74) is -0.221. The van der Waals surface area contributed by atoms with Gasteiger partial charge in [-0.05, 0) is 27.7 Å². The van der Waals surface area contributed by atoms with Gasteiger partial charge in [0.05, 0.1) is 23.9 Å². The summed E-state index contributed by atoms with van der Waals surface area (Å²) in [4.78, 5) is 0. The first-order chi connectivity index (χ1) is 7.23. The second-order valence-electron chi connectivity index (χ2n) is 6.14. The molecule has 0 aliphatic carbocycles. The molecule has 0 saturated carbocycles. The summed E-state index contributed by atoms with van der Waals surface area (Å²) in [6.07, 6.45) is 1.18. The van der Waals surface area contributed by atoms with Crippen LogP contribution in [0.4, 0.5) is 0 Å². The molecule has 0 aromatic rings. The fraction of sp³-hybridized carbons (Fsp3) is 1.00. The van der Waals surface area contributed by atoms with E-state index in [2.05, 4.69) is 46.9 Å². The van der Waals surface area contributed by atoms with E-state index in [1.165, 1.54) is 0 Å². The largest absolute Gasteiger partial charge is 0.374 e. The van der Waals surface area contributed by atoms with Crippen molar-refractivity contribution >= 4 is 0 Å². The molecule has 1 saturated heterocycles. The average molecular weight is 229 g/mol. The summed E-state index contributed by atoms with van der Waals surface area (Å²) < 4.78 is 11.9. The Hall–Kier alpha value is -0.120. The lowest BCUT2D eigenvalue weighted by atomic mass is 9.97. The van der Waals surface area contributed by atoms with Crippen LogP contribution in [-0.2, 0) is 9.47 Å². The predicted molar refractivity (Wildman–Crippen MR) is 66.7 cm³/mol. The van der Waals surface area contributed by atoms with E-state index < -0.39 is 0 Å². The van der Waals surface area contributed by atoms with Gasteiger partial charge in [-0.15, -0.1) is 0 Å². The van der Waals surface area contributed by atoms with Gasteiger partial charge < -0.3 is 14.8 Å². The highest BCUT2D eigenvalue weighted by Crippen LogP contribution is 2.38. The monoisotopic (exact) mass is 229 g/mol. The van der Waals surface area contributed by atoms with Crippen LogP contribution in [0.5, 0.6) is 0 Å². The first-order valence-electron chi connectivity index (χ1n) is 6.28. The molecule has 1 N–H and O–H groups in total. The lowest BCUT2D eigenvalue weighted by molar-refractivity contribution is -0.102. The molecule has 16 heavy (non-hydrogen) atoms. The molecule has 1 fully saturated rings. The van der Waals surface area contributed by atoms with Crippen LogP contribution in [0.1, 0.15) is 48.0 Å². The van der Waals surface area contributed by atoms with Crippen LogP contribution in [-0.4, -0.2) is 36.5 Å². The zero-order chi connectivity index (χ0) is 12.4. The van der Waals surface area contributed by atoms with Crippen LogP contribution >= 0.6 is 0 Å². The van der Waals surface area contributed by atoms with Crippen molar-refractivity contribution in [1.29, 1.82) is 0 Å². The standard InChI is InChI=1S/C13H27NO2/c1-10(2)14-7-8-15-11-9-12(3,4)16-13(11,5)6/h10-11,14H,7-9H2,1-6H3. The molecule has 3 nitrogen and oxygen atoms in total. The Morgan fingerprint density at radius 1 is 1.31 bits per heavy atom. The van der Waals surface area contributed by atoms with E-state index in [0.717, 1.165) is 19.6 Å². The summed E-state index contributed by atoms with van der Waals surface area (Å²) >= 11 is 0. The van der Waals surface area contributed by atoms with Crippen LogP contribution in [0.3, 0.4) is 0 Å². The van der Waals surface area contributed by atoms with Crippen LogP contribution < -0.4 is 5.32 Å². The Kier molecular flexibility index (Phi) is 4.38. The van der Waals surface area contributed by atoms with Crippen molar-refractivity contribution in [2.75, 3.05) is 13.2 Å². The van der Waals surface area contributed by atoms with Gasteiger partial charge >= 0.3 is 0 Å². The summed E-state index contributed by atoms with van der Waals surface area (Å²) in [6.45, 7) is 14.4. The Bertz CT molecular complexity index is 224. The highest BCUT2D eigenvalue weighted by Gasteiger charge is 2.46. The van der Waals surface area contributed by atoms with Crippen LogP contribution in [0.15, 0.2) is 0 Å². The average Bonchev–Trinajstić information content (AvgIpc) is 2.27. The van der Waals surface area contributed by atoms with Crippen molar-refractivity contribution in [1.82, 2.24) is 5.32 Å². The van der Waals surface area contributed by atoms with Crippen molar-refractivity contribution in [3.8, 4) is 0 Å². The maximum absolute atomic E-state index is 5.98. The summed E-state index contributed by atoms with van der Waals surface area (Å²) in [6, 6.07) is 0.521. The van der Waals surface area contributed by atoms with E-state index in [1.54, 1.807) is 0 Å². The molecule has 0 aromatic heterocycles. The zero-order valence-electron chi connectivity index (χ0n) is 11.6. The second kappa shape index (κ2) is 5.03. The molecular weight excluding hydrogens is 202 g/mol. The molecule has 0 bridgehead atoms. The molecule has 1 heterocycles. The van der Waals surface area contributed by atoms with Crippen molar-refractivity contribution in [3.05, 3.63) is 0 Å². The van der Waals surface area contributed by atoms with E-state index in [-0.39, 0.29) is 17.3 Å². The summed E-state index contributed by atoms with van der Waals surface area (Å²) in [5, 5.41) is 3.35. The normalized spacial score (nSPS) is 27.6. The molecule has 1 unspecified atom stereocenters.